The number of rotatable bonds is 2. The summed E-state index contributed by atoms with van der Waals surface area (Å²) in [5, 5.41) is 3.51. The smallest absolute Gasteiger partial charge is 0.154 e. The van der Waals surface area contributed by atoms with Crippen LogP contribution in [0.4, 0.5) is 0 Å². The topological polar surface area (TPSA) is 73.6 Å². The number of methoxy groups -OCH3 is 1. The molecule has 0 aliphatic heterocycles. The molecule has 0 aliphatic carbocycles. The number of amidine groups is 1. The van der Waals surface area contributed by atoms with E-state index in [2.05, 4.69) is 5.10 Å². The molecule has 0 atom stereocenters. The Morgan fingerprint density at radius 3 is 2.33 bits per heavy atom. The molecule has 0 saturated carbocycles. The molecule has 4 heteroatoms. The second kappa shape index (κ2) is 4.21. The monoisotopic (exact) mass is 207 g/mol. The fraction of sp³-hybridized carbons (Fsp3) is 0.364. The molecule has 1 rings (SSSR count). The van der Waals surface area contributed by atoms with Crippen LogP contribution in [-0.2, 0) is 0 Å². The fourth-order valence-corrected chi connectivity index (χ4v) is 1.69. The summed E-state index contributed by atoms with van der Waals surface area (Å²) in [6, 6.07) is 2.05. The van der Waals surface area contributed by atoms with E-state index < -0.39 is 0 Å². The largest absolute Gasteiger partial charge is 0.496 e. The van der Waals surface area contributed by atoms with Crippen LogP contribution in [0.3, 0.4) is 0 Å². The van der Waals surface area contributed by atoms with Crippen molar-refractivity contribution >= 4 is 5.84 Å². The van der Waals surface area contributed by atoms with Crippen LogP contribution in [0.2, 0.25) is 0 Å². The van der Waals surface area contributed by atoms with Crippen LogP contribution in [0.1, 0.15) is 22.3 Å². The van der Waals surface area contributed by atoms with Crippen LogP contribution in [0.5, 0.6) is 5.75 Å². The maximum Gasteiger partial charge on any atom is 0.154 e. The molecule has 0 bridgehead atoms. The predicted molar refractivity (Wildman–Crippen MR) is 62.1 cm³/mol. The molecule has 0 aliphatic rings. The second-order valence-corrected chi connectivity index (χ2v) is 3.56. The molecule has 4 N–H and O–H groups in total. The number of nitrogens with zero attached hydrogens (tertiary/aromatic N) is 1. The van der Waals surface area contributed by atoms with Crippen molar-refractivity contribution in [2.75, 3.05) is 7.11 Å². The normalized spacial score (nSPS) is 11.6. The maximum absolute atomic E-state index is 5.74. The minimum atomic E-state index is 0.299. The molecule has 0 heterocycles. The summed E-state index contributed by atoms with van der Waals surface area (Å²) >= 11 is 0. The molecule has 0 aromatic heterocycles. The number of benzene rings is 1. The molecular formula is C11H17N3O. The van der Waals surface area contributed by atoms with Gasteiger partial charge in [0.15, 0.2) is 5.84 Å². The van der Waals surface area contributed by atoms with Gasteiger partial charge in [-0.25, -0.2) is 0 Å². The van der Waals surface area contributed by atoms with Crippen molar-refractivity contribution in [3.8, 4) is 5.75 Å². The van der Waals surface area contributed by atoms with E-state index in [0.717, 1.165) is 28.0 Å². The quantitative estimate of drug-likeness (QED) is 0.331. The first-order valence-corrected chi connectivity index (χ1v) is 4.71. The molecular weight excluding hydrogens is 190 g/mol. The van der Waals surface area contributed by atoms with Gasteiger partial charge in [-0.2, -0.15) is 5.10 Å². The molecule has 0 amide bonds. The van der Waals surface area contributed by atoms with E-state index in [9.17, 15) is 0 Å². The van der Waals surface area contributed by atoms with E-state index in [4.69, 9.17) is 16.3 Å². The van der Waals surface area contributed by atoms with E-state index in [-0.39, 0.29) is 0 Å². The Labute approximate surface area is 89.9 Å². The van der Waals surface area contributed by atoms with Crippen LogP contribution >= 0.6 is 0 Å². The third-order valence-electron chi connectivity index (χ3n) is 2.59. The molecule has 0 saturated heterocycles. The van der Waals surface area contributed by atoms with Gasteiger partial charge in [0.1, 0.15) is 5.75 Å². The van der Waals surface area contributed by atoms with Crippen molar-refractivity contribution in [1.82, 2.24) is 0 Å². The second-order valence-electron chi connectivity index (χ2n) is 3.56. The Kier molecular flexibility index (Phi) is 3.19. The summed E-state index contributed by atoms with van der Waals surface area (Å²) in [7, 11) is 1.62. The Balaban J connectivity index is 3.56. The van der Waals surface area contributed by atoms with Crippen molar-refractivity contribution in [3.05, 3.63) is 28.3 Å². The third kappa shape index (κ3) is 1.88. The van der Waals surface area contributed by atoms with Gasteiger partial charge in [-0.3, -0.25) is 0 Å². The van der Waals surface area contributed by atoms with Crippen molar-refractivity contribution in [3.63, 3.8) is 0 Å². The van der Waals surface area contributed by atoms with Gasteiger partial charge in [-0.05, 0) is 37.5 Å². The summed E-state index contributed by atoms with van der Waals surface area (Å²) in [4.78, 5) is 0. The molecule has 4 nitrogen and oxygen atoms in total. The maximum atomic E-state index is 5.74. The lowest BCUT2D eigenvalue weighted by Gasteiger charge is -2.15. The molecule has 1 aromatic carbocycles. The van der Waals surface area contributed by atoms with Crippen LogP contribution in [0.15, 0.2) is 11.2 Å². The van der Waals surface area contributed by atoms with Gasteiger partial charge in [0.2, 0.25) is 0 Å². The van der Waals surface area contributed by atoms with E-state index in [0.29, 0.717) is 5.84 Å². The summed E-state index contributed by atoms with van der Waals surface area (Å²) < 4.78 is 5.34. The van der Waals surface area contributed by atoms with E-state index in [1.54, 1.807) is 7.11 Å². The van der Waals surface area contributed by atoms with Gasteiger partial charge >= 0.3 is 0 Å². The van der Waals surface area contributed by atoms with Crippen LogP contribution in [0.25, 0.3) is 0 Å². The average molecular weight is 207 g/mol. The zero-order valence-corrected chi connectivity index (χ0v) is 9.59. The number of aryl methyl sites for hydroxylation is 2. The molecule has 0 radical (unpaired) electrons. The van der Waals surface area contributed by atoms with Crippen molar-refractivity contribution in [2.24, 2.45) is 16.7 Å². The SMILES string of the molecule is COc1c(C)c(C)cc(C)c1/C(N)=N/N. The van der Waals surface area contributed by atoms with Crippen LogP contribution < -0.4 is 16.3 Å². The molecule has 0 spiro atoms. The average Bonchev–Trinajstić information content (AvgIpc) is 2.21. The highest BCUT2D eigenvalue weighted by Crippen LogP contribution is 2.28. The summed E-state index contributed by atoms with van der Waals surface area (Å²) in [5.41, 5.74) is 9.76. The highest BCUT2D eigenvalue weighted by molar-refractivity contribution is 6.01. The highest BCUT2D eigenvalue weighted by Gasteiger charge is 2.14. The van der Waals surface area contributed by atoms with Gasteiger partial charge in [0, 0.05) is 0 Å². The number of hydrogen-bond donors (Lipinski definition) is 2. The van der Waals surface area contributed by atoms with Crippen molar-refractivity contribution in [2.45, 2.75) is 20.8 Å². The first-order valence-electron chi connectivity index (χ1n) is 4.71. The van der Waals surface area contributed by atoms with Gasteiger partial charge in [-0.1, -0.05) is 6.07 Å². The van der Waals surface area contributed by atoms with E-state index >= 15 is 0 Å². The number of ether oxygens (including phenoxy) is 1. The molecule has 0 fully saturated rings. The summed E-state index contributed by atoms with van der Waals surface area (Å²) in [6.07, 6.45) is 0. The van der Waals surface area contributed by atoms with Crippen molar-refractivity contribution < 1.29 is 4.74 Å². The molecule has 1 aromatic rings. The first kappa shape index (κ1) is 11.4. The number of nitrogens with two attached hydrogens (primary N) is 2. The lowest BCUT2D eigenvalue weighted by atomic mass is 9.98. The predicted octanol–water partition coefficient (Wildman–Crippen LogP) is 1.20. The van der Waals surface area contributed by atoms with Crippen LogP contribution in [-0.4, -0.2) is 12.9 Å². The Bertz CT molecular complexity index is 411. The van der Waals surface area contributed by atoms with Crippen molar-refractivity contribution in [1.29, 1.82) is 0 Å². The molecule has 82 valence electrons. The highest BCUT2D eigenvalue weighted by atomic mass is 16.5. The minimum Gasteiger partial charge on any atom is -0.496 e. The number of hydrazone groups is 1. The Morgan fingerprint density at radius 2 is 1.87 bits per heavy atom. The van der Waals surface area contributed by atoms with Gasteiger partial charge < -0.3 is 16.3 Å². The van der Waals surface area contributed by atoms with Crippen LogP contribution in [0, 0.1) is 20.8 Å². The van der Waals surface area contributed by atoms with Gasteiger partial charge in [-0.15, -0.1) is 0 Å². The van der Waals surface area contributed by atoms with Gasteiger partial charge in [0.05, 0.1) is 12.7 Å². The zero-order valence-electron chi connectivity index (χ0n) is 9.59. The van der Waals surface area contributed by atoms with E-state index in [1.165, 1.54) is 0 Å². The Morgan fingerprint density at radius 1 is 1.27 bits per heavy atom. The standard InChI is InChI=1S/C11H17N3O/c1-6-5-7(2)9(11(12)14-13)10(15-4)8(6)3/h5H,13H2,1-4H3,(H2,12,14). The Hall–Kier alpha value is -1.71. The van der Waals surface area contributed by atoms with Gasteiger partial charge in [0.25, 0.3) is 0 Å². The lowest BCUT2D eigenvalue weighted by molar-refractivity contribution is 0.410. The summed E-state index contributed by atoms with van der Waals surface area (Å²) in [5.74, 6) is 6.24. The first-order chi connectivity index (χ1) is 7.02. The third-order valence-corrected chi connectivity index (χ3v) is 2.59. The minimum absolute atomic E-state index is 0.299. The summed E-state index contributed by atoms with van der Waals surface area (Å²) in [6.45, 7) is 5.98. The molecule has 15 heavy (non-hydrogen) atoms. The molecule has 0 unspecified atom stereocenters. The fourth-order valence-electron chi connectivity index (χ4n) is 1.69. The van der Waals surface area contributed by atoms with E-state index in [1.807, 2.05) is 26.8 Å². The lowest BCUT2D eigenvalue weighted by Crippen LogP contribution is -2.19. The number of hydrogen-bond acceptors (Lipinski definition) is 3. The zero-order chi connectivity index (χ0) is 11.6.